The van der Waals surface area contributed by atoms with Crippen molar-refractivity contribution in [2.24, 2.45) is 29.1 Å². The summed E-state index contributed by atoms with van der Waals surface area (Å²) in [5.41, 5.74) is 0.160. The molecule has 0 aromatic carbocycles. The minimum atomic E-state index is -1.16. The first-order valence-corrected chi connectivity index (χ1v) is 8.85. The van der Waals surface area contributed by atoms with Crippen LogP contribution >= 0.6 is 0 Å². The molecular weight excluding hydrogens is 278 g/mol. The van der Waals surface area contributed by atoms with E-state index in [0.717, 1.165) is 17.8 Å². The summed E-state index contributed by atoms with van der Waals surface area (Å²) in [5, 5.41) is 13.9. The van der Waals surface area contributed by atoms with Gasteiger partial charge < -0.3 is 15.2 Å². The standard InChI is InChI=1S/C18H29NO3/c1-11(2)3-15(17(21)22)19-16(20)10-18-7-12-4-13(8-18)6-14(5-12)9-18/h11-15H,3-10H2,1-2H3,(H,19,20)(H,21,22)/p-1/t12?,13?,14?,15-,18?/m0/s1. The average molecular weight is 306 g/mol. The first-order chi connectivity index (χ1) is 10.3. The van der Waals surface area contributed by atoms with Gasteiger partial charge in [0, 0.05) is 6.42 Å². The normalized spacial score (nSPS) is 37.3. The third kappa shape index (κ3) is 3.31. The fraction of sp³-hybridized carbons (Fsp3) is 0.889. The molecule has 4 rings (SSSR count). The van der Waals surface area contributed by atoms with Crippen LogP contribution in [0.2, 0.25) is 0 Å². The van der Waals surface area contributed by atoms with Gasteiger partial charge in [-0.1, -0.05) is 13.8 Å². The van der Waals surface area contributed by atoms with Crippen LogP contribution in [-0.2, 0) is 9.59 Å². The van der Waals surface area contributed by atoms with Crippen LogP contribution in [0.25, 0.3) is 0 Å². The molecule has 0 radical (unpaired) electrons. The van der Waals surface area contributed by atoms with Crippen LogP contribution in [0.5, 0.6) is 0 Å². The minimum absolute atomic E-state index is 0.0863. The van der Waals surface area contributed by atoms with Crippen LogP contribution in [0.1, 0.15) is 65.2 Å². The third-order valence-corrected chi connectivity index (χ3v) is 6.03. The smallest absolute Gasteiger partial charge is 0.221 e. The molecular formula is C18H28NO3-. The van der Waals surface area contributed by atoms with Crippen molar-refractivity contribution in [1.82, 2.24) is 5.32 Å². The Hall–Kier alpha value is -1.06. The number of carbonyl (C=O) groups is 2. The predicted molar refractivity (Wildman–Crippen MR) is 81.6 cm³/mol. The molecule has 1 atom stereocenters. The summed E-state index contributed by atoms with van der Waals surface area (Å²) in [6.07, 6.45) is 8.54. The lowest BCUT2D eigenvalue weighted by molar-refractivity contribution is -0.308. The molecule has 22 heavy (non-hydrogen) atoms. The summed E-state index contributed by atoms with van der Waals surface area (Å²) in [4.78, 5) is 23.6. The van der Waals surface area contributed by atoms with Gasteiger partial charge in [0.1, 0.15) is 0 Å². The van der Waals surface area contributed by atoms with Crippen LogP contribution in [0.4, 0.5) is 0 Å². The second-order valence-corrected chi connectivity index (χ2v) is 8.66. The number of hydrogen-bond acceptors (Lipinski definition) is 3. The summed E-state index contributed by atoms with van der Waals surface area (Å²) >= 11 is 0. The van der Waals surface area contributed by atoms with E-state index in [9.17, 15) is 14.7 Å². The van der Waals surface area contributed by atoms with E-state index in [1.165, 1.54) is 38.5 Å². The van der Waals surface area contributed by atoms with Crippen molar-refractivity contribution >= 4 is 11.9 Å². The van der Waals surface area contributed by atoms with E-state index < -0.39 is 12.0 Å². The molecule has 1 amide bonds. The average Bonchev–Trinajstić information content (AvgIpc) is 2.34. The molecule has 4 nitrogen and oxygen atoms in total. The number of aliphatic carboxylic acids is 1. The van der Waals surface area contributed by atoms with Crippen molar-refractivity contribution < 1.29 is 14.7 Å². The number of carboxylic acids is 1. The van der Waals surface area contributed by atoms with Gasteiger partial charge in [-0.05, 0) is 74.0 Å². The maximum atomic E-state index is 12.4. The van der Waals surface area contributed by atoms with E-state index in [1.807, 2.05) is 13.8 Å². The lowest BCUT2D eigenvalue weighted by Gasteiger charge is -2.56. The Kier molecular flexibility index (Phi) is 4.21. The first kappa shape index (κ1) is 15.8. The Balaban J connectivity index is 1.60. The van der Waals surface area contributed by atoms with Crippen LogP contribution in [-0.4, -0.2) is 17.9 Å². The predicted octanol–water partition coefficient (Wildman–Crippen LogP) is 1.87. The Morgan fingerprint density at radius 3 is 2.00 bits per heavy atom. The molecule has 4 aliphatic carbocycles. The van der Waals surface area contributed by atoms with Crippen LogP contribution in [0.3, 0.4) is 0 Å². The van der Waals surface area contributed by atoms with Gasteiger partial charge in [-0.25, -0.2) is 0 Å². The Morgan fingerprint density at radius 2 is 1.59 bits per heavy atom. The van der Waals surface area contributed by atoms with Gasteiger partial charge in [0.2, 0.25) is 5.91 Å². The molecule has 4 heteroatoms. The first-order valence-electron chi connectivity index (χ1n) is 8.85. The highest BCUT2D eigenvalue weighted by molar-refractivity contribution is 5.83. The van der Waals surface area contributed by atoms with E-state index in [2.05, 4.69) is 5.32 Å². The molecule has 4 fully saturated rings. The summed E-state index contributed by atoms with van der Waals surface area (Å²) in [7, 11) is 0. The molecule has 1 N–H and O–H groups in total. The van der Waals surface area contributed by atoms with Crippen molar-refractivity contribution in [2.75, 3.05) is 0 Å². The SMILES string of the molecule is CC(C)C[C@H](NC(=O)CC12CC3CC(CC(C3)C1)C2)C(=O)[O-]. The number of hydrogen-bond donors (Lipinski definition) is 1. The summed E-state index contributed by atoms with van der Waals surface area (Å²) in [5.74, 6) is 1.41. The zero-order valence-electron chi connectivity index (χ0n) is 13.8. The van der Waals surface area contributed by atoms with Gasteiger partial charge in [-0.3, -0.25) is 4.79 Å². The van der Waals surface area contributed by atoms with E-state index in [4.69, 9.17) is 0 Å². The summed E-state index contributed by atoms with van der Waals surface area (Å²) in [6.45, 7) is 3.92. The molecule has 0 aromatic rings. The zero-order chi connectivity index (χ0) is 15.9. The molecule has 0 aromatic heterocycles. The molecule has 0 saturated heterocycles. The minimum Gasteiger partial charge on any atom is -0.548 e. The number of carboxylic acid groups (broad SMARTS) is 1. The van der Waals surface area contributed by atoms with Crippen LogP contribution in [0, 0.1) is 29.1 Å². The van der Waals surface area contributed by atoms with Crippen LogP contribution < -0.4 is 10.4 Å². The maximum Gasteiger partial charge on any atom is 0.221 e. The number of carbonyl (C=O) groups excluding carboxylic acids is 2. The van der Waals surface area contributed by atoms with Crippen molar-refractivity contribution in [3.8, 4) is 0 Å². The van der Waals surface area contributed by atoms with E-state index in [0.29, 0.717) is 12.8 Å². The quantitative estimate of drug-likeness (QED) is 0.814. The second kappa shape index (κ2) is 5.86. The van der Waals surface area contributed by atoms with Crippen molar-refractivity contribution in [2.45, 2.75) is 71.3 Å². The molecule has 0 spiro atoms. The van der Waals surface area contributed by atoms with Crippen molar-refractivity contribution in [3.05, 3.63) is 0 Å². The fourth-order valence-corrected chi connectivity index (χ4v) is 5.78. The molecule has 124 valence electrons. The van der Waals surface area contributed by atoms with Gasteiger partial charge in [-0.15, -0.1) is 0 Å². The molecule has 4 bridgehead atoms. The summed E-state index contributed by atoms with van der Waals surface area (Å²) in [6, 6.07) is -0.846. The Labute approximate surface area is 133 Å². The highest BCUT2D eigenvalue weighted by atomic mass is 16.4. The molecule has 4 aliphatic rings. The third-order valence-electron chi connectivity index (χ3n) is 6.03. The Bertz CT molecular complexity index is 422. The molecule has 0 unspecified atom stereocenters. The van der Waals surface area contributed by atoms with Crippen LogP contribution in [0.15, 0.2) is 0 Å². The number of rotatable bonds is 6. The maximum absolute atomic E-state index is 12.4. The number of amides is 1. The van der Waals surface area contributed by atoms with Gasteiger partial charge in [0.25, 0.3) is 0 Å². The topological polar surface area (TPSA) is 69.2 Å². The van der Waals surface area contributed by atoms with E-state index in [-0.39, 0.29) is 17.2 Å². The highest BCUT2D eigenvalue weighted by Crippen LogP contribution is 2.61. The van der Waals surface area contributed by atoms with Gasteiger partial charge in [0.05, 0.1) is 12.0 Å². The molecule has 0 heterocycles. The van der Waals surface area contributed by atoms with E-state index >= 15 is 0 Å². The van der Waals surface area contributed by atoms with Crippen molar-refractivity contribution in [3.63, 3.8) is 0 Å². The highest BCUT2D eigenvalue weighted by Gasteiger charge is 2.51. The zero-order valence-corrected chi connectivity index (χ0v) is 13.8. The van der Waals surface area contributed by atoms with Gasteiger partial charge >= 0.3 is 0 Å². The molecule has 0 aliphatic heterocycles. The lowest BCUT2D eigenvalue weighted by atomic mass is 9.49. The monoisotopic (exact) mass is 306 g/mol. The van der Waals surface area contributed by atoms with Gasteiger partial charge in [-0.2, -0.15) is 0 Å². The Morgan fingerprint density at radius 1 is 1.09 bits per heavy atom. The fourth-order valence-electron chi connectivity index (χ4n) is 5.78. The van der Waals surface area contributed by atoms with Crippen molar-refractivity contribution in [1.29, 1.82) is 0 Å². The summed E-state index contributed by atoms with van der Waals surface area (Å²) < 4.78 is 0. The van der Waals surface area contributed by atoms with E-state index in [1.54, 1.807) is 0 Å². The number of nitrogens with one attached hydrogen (secondary N) is 1. The van der Waals surface area contributed by atoms with Gasteiger partial charge in [0.15, 0.2) is 0 Å². The largest absolute Gasteiger partial charge is 0.548 e. The second-order valence-electron chi connectivity index (χ2n) is 8.66. The lowest BCUT2D eigenvalue weighted by Crippen LogP contribution is -2.52. The molecule has 4 saturated carbocycles.